The van der Waals surface area contributed by atoms with E-state index in [1.807, 2.05) is 19.1 Å². The van der Waals surface area contributed by atoms with Crippen LogP contribution in [-0.2, 0) is 0 Å². The molecule has 1 aromatic rings. The number of hydrogen-bond donors (Lipinski definition) is 1. The van der Waals surface area contributed by atoms with Gasteiger partial charge < -0.3 is 9.84 Å². The van der Waals surface area contributed by atoms with E-state index >= 15 is 0 Å². The summed E-state index contributed by atoms with van der Waals surface area (Å²) in [6.45, 7) is 11.8. The standard InChI is InChI=1S/C18H30N2O2/c1-4-17-14-19(8-9-20(17)13-16(3)21)10-11-22-18-7-5-6-15(2)12-18/h5-7,12,16-17,21H,4,8-11,13-14H2,1-3H3. The Morgan fingerprint density at radius 1 is 1.36 bits per heavy atom. The Morgan fingerprint density at radius 3 is 2.86 bits per heavy atom. The first kappa shape index (κ1) is 17.3. The van der Waals surface area contributed by atoms with Crippen LogP contribution in [0.1, 0.15) is 25.8 Å². The lowest BCUT2D eigenvalue weighted by atomic mass is 10.1. The van der Waals surface area contributed by atoms with Crippen molar-refractivity contribution in [3.8, 4) is 5.75 Å². The lowest BCUT2D eigenvalue weighted by molar-refractivity contribution is 0.0322. The van der Waals surface area contributed by atoms with E-state index < -0.39 is 0 Å². The smallest absolute Gasteiger partial charge is 0.119 e. The van der Waals surface area contributed by atoms with Crippen molar-refractivity contribution >= 4 is 0 Å². The molecule has 0 amide bonds. The van der Waals surface area contributed by atoms with Gasteiger partial charge in [0.2, 0.25) is 0 Å². The van der Waals surface area contributed by atoms with E-state index in [0.717, 1.165) is 51.5 Å². The van der Waals surface area contributed by atoms with Gasteiger partial charge in [-0.3, -0.25) is 9.80 Å². The molecule has 2 atom stereocenters. The number of aliphatic hydroxyl groups is 1. The van der Waals surface area contributed by atoms with E-state index in [-0.39, 0.29) is 6.10 Å². The van der Waals surface area contributed by atoms with Crippen molar-refractivity contribution < 1.29 is 9.84 Å². The molecule has 1 N–H and O–H groups in total. The van der Waals surface area contributed by atoms with Gasteiger partial charge in [-0.05, 0) is 38.0 Å². The first-order valence-corrected chi connectivity index (χ1v) is 8.42. The third kappa shape index (κ3) is 5.27. The van der Waals surface area contributed by atoms with Crippen molar-refractivity contribution in [2.45, 2.75) is 39.3 Å². The molecule has 124 valence electrons. The fraction of sp³-hybridized carbons (Fsp3) is 0.667. The Balaban J connectivity index is 1.75. The number of aryl methyl sites for hydroxylation is 1. The molecule has 2 unspecified atom stereocenters. The molecular formula is C18H30N2O2. The van der Waals surface area contributed by atoms with Crippen LogP contribution in [-0.4, -0.2) is 66.4 Å². The molecule has 1 aliphatic rings. The summed E-state index contributed by atoms with van der Waals surface area (Å²) >= 11 is 0. The summed E-state index contributed by atoms with van der Waals surface area (Å²) in [5.74, 6) is 0.958. The van der Waals surface area contributed by atoms with Crippen LogP contribution < -0.4 is 4.74 Å². The molecule has 0 bridgehead atoms. The highest BCUT2D eigenvalue weighted by molar-refractivity contribution is 5.27. The van der Waals surface area contributed by atoms with E-state index in [0.29, 0.717) is 6.04 Å². The van der Waals surface area contributed by atoms with Crippen LogP contribution in [0, 0.1) is 6.92 Å². The second-order valence-electron chi connectivity index (χ2n) is 6.37. The van der Waals surface area contributed by atoms with Crippen molar-refractivity contribution in [3.63, 3.8) is 0 Å². The van der Waals surface area contributed by atoms with Gasteiger partial charge in [0.05, 0.1) is 6.10 Å². The van der Waals surface area contributed by atoms with Gasteiger partial charge >= 0.3 is 0 Å². The van der Waals surface area contributed by atoms with Gasteiger partial charge in [-0.1, -0.05) is 19.1 Å². The summed E-state index contributed by atoms with van der Waals surface area (Å²) in [4.78, 5) is 4.89. The molecule has 1 saturated heterocycles. The molecule has 0 spiro atoms. The highest BCUT2D eigenvalue weighted by atomic mass is 16.5. The largest absolute Gasteiger partial charge is 0.492 e. The van der Waals surface area contributed by atoms with E-state index in [2.05, 4.69) is 35.8 Å². The molecule has 22 heavy (non-hydrogen) atoms. The minimum Gasteiger partial charge on any atom is -0.492 e. The Kier molecular flexibility index (Phi) is 6.68. The molecule has 0 aromatic heterocycles. The monoisotopic (exact) mass is 306 g/mol. The quantitative estimate of drug-likeness (QED) is 0.837. The number of ether oxygens (including phenoxy) is 1. The molecule has 1 aromatic carbocycles. The molecule has 4 heteroatoms. The zero-order valence-corrected chi connectivity index (χ0v) is 14.2. The Bertz CT molecular complexity index is 450. The minimum atomic E-state index is -0.245. The number of rotatable bonds is 7. The number of nitrogens with zero attached hydrogens (tertiary/aromatic N) is 2. The number of benzene rings is 1. The molecule has 0 saturated carbocycles. The maximum atomic E-state index is 9.60. The summed E-state index contributed by atoms with van der Waals surface area (Å²) in [6, 6.07) is 8.76. The third-order valence-electron chi connectivity index (χ3n) is 4.32. The summed E-state index contributed by atoms with van der Waals surface area (Å²) in [5, 5.41) is 9.60. The molecule has 4 nitrogen and oxygen atoms in total. The number of piperazine rings is 1. The summed E-state index contributed by atoms with van der Waals surface area (Å²) in [5.41, 5.74) is 1.23. The first-order chi connectivity index (χ1) is 10.6. The van der Waals surface area contributed by atoms with E-state index in [4.69, 9.17) is 4.74 Å². The van der Waals surface area contributed by atoms with Crippen LogP contribution >= 0.6 is 0 Å². The third-order valence-corrected chi connectivity index (χ3v) is 4.32. The van der Waals surface area contributed by atoms with E-state index in [1.165, 1.54) is 5.56 Å². The fourth-order valence-electron chi connectivity index (χ4n) is 3.13. The lowest BCUT2D eigenvalue weighted by Crippen LogP contribution is -2.55. The number of β-amino-alcohol motifs (C(OH)–C–C–N with tert-alkyl or cyclic N) is 1. The predicted molar refractivity (Wildman–Crippen MR) is 90.4 cm³/mol. The summed E-state index contributed by atoms with van der Waals surface area (Å²) in [7, 11) is 0. The van der Waals surface area contributed by atoms with Crippen LogP contribution in [0.5, 0.6) is 5.75 Å². The molecule has 2 rings (SSSR count). The van der Waals surface area contributed by atoms with Gasteiger partial charge in [-0.15, -0.1) is 0 Å². The first-order valence-electron chi connectivity index (χ1n) is 8.42. The maximum Gasteiger partial charge on any atom is 0.119 e. The lowest BCUT2D eigenvalue weighted by Gasteiger charge is -2.41. The van der Waals surface area contributed by atoms with Crippen LogP contribution in [0.25, 0.3) is 0 Å². The molecule has 0 aliphatic carbocycles. The number of aliphatic hydroxyl groups excluding tert-OH is 1. The van der Waals surface area contributed by atoms with Crippen molar-refractivity contribution in [1.29, 1.82) is 0 Å². The highest BCUT2D eigenvalue weighted by Crippen LogP contribution is 2.15. The van der Waals surface area contributed by atoms with Gasteiger partial charge in [-0.2, -0.15) is 0 Å². The zero-order valence-electron chi connectivity index (χ0n) is 14.2. The van der Waals surface area contributed by atoms with Crippen molar-refractivity contribution in [2.75, 3.05) is 39.3 Å². The average Bonchev–Trinajstić information content (AvgIpc) is 2.48. The van der Waals surface area contributed by atoms with Gasteiger partial charge in [0, 0.05) is 38.8 Å². The van der Waals surface area contributed by atoms with Gasteiger partial charge in [0.25, 0.3) is 0 Å². The van der Waals surface area contributed by atoms with Crippen LogP contribution in [0.15, 0.2) is 24.3 Å². The van der Waals surface area contributed by atoms with Gasteiger partial charge in [0.1, 0.15) is 12.4 Å². The number of hydrogen-bond acceptors (Lipinski definition) is 4. The van der Waals surface area contributed by atoms with Crippen molar-refractivity contribution in [1.82, 2.24) is 9.80 Å². The van der Waals surface area contributed by atoms with Crippen molar-refractivity contribution in [2.24, 2.45) is 0 Å². The Hall–Kier alpha value is -1.10. The fourth-order valence-corrected chi connectivity index (χ4v) is 3.13. The minimum absolute atomic E-state index is 0.245. The summed E-state index contributed by atoms with van der Waals surface area (Å²) in [6.07, 6.45) is 0.882. The second-order valence-corrected chi connectivity index (χ2v) is 6.37. The average molecular weight is 306 g/mol. The normalized spacial score (nSPS) is 21.7. The van der Waals surface area contributed by atoms with Crippen molar-refractivity contribution in [3.05, 3.63) is 29.8 Å². The van der Waals surface area contributed by atoms with Crippen LogP contribution in [0.3, 0.4) is 0 Å². The van der Waals surface area contributed by atoms with Crippen LogP contribution in [0.2, 0.25) is 0 Å². The SMILES string of the molecule is CCC1CN(CCOc2cccc(C)c2)CCN1CC(C)O. The Labute approximate surface area is 134 Å². The predicted octanol–water partition coefficient (Wildman–Crippen LogP) is 2.15. The molecule has 1 heterocycles. The zero-order chi connectivity index (χ0) is 15.9. The van der Waals surface area contributed by atoms with Gasteiger partial charge in [0.15, 0.2) is 0 Å². The van der Waals surface area contributed by atoms with Crippen LogP contribution in [0.4, 0.5) is 0 Å². The van der Waals surface area contributed by atoms with Gasteiger partial charge in [-0.25, -0.2) is 0 Å². The highest BCUT2D eigenvalue weighted by Gasteiger charge is 2.26. The molecule has 1 fully saturated rings. The van der Waals surface area contributed by atoms with E-state index in [1.54, 1.807) is 0 Å². The molecular weight excluding hydrogens is 276 g/mol. The second kappa shape index (κ2) is 8.51. The topological polar surface area (TPSA) is 35.9 Å². The summed E-state index contributed by atoms with van der Waals surface area (Å²) < 4.78 is 5.85. The maximum absolute atomic E-state index is 9.60. The Morgan fingerprint density at radius 2 is 2.18 bits per heavy atom. The molecule has 1 aliphatic heterocycles. The van der Waals surface area contributed by atoms with E-state index in [9.17, 15) is 5.11 Å². The molecule has 0 radical (unpaired) electrons.